The van der Waals surface area contributed by atoms with Gasteiger partial charge in [0.15, 0.2) is 0 Å². The maximum atomic E-state index is 13.2. The van der Waals surface area contributed by atoms with E-state index in [2.05, 4.69) is 20.9 Å². The zero-order valence-electron chi connectivity index (χ0n) is 9.19. The fraction of sp³-hybridized carbons (Fsp3) is 0.154. The lowest BCUT2D eigenvalue weighted by Crippen LogP contribution is -2.04. The number of aliphatic hydroxyl groups excluding tert-OH is 1. The topological polar surface area (TPSA) is 33.1 Å². The van der Waals surface area contributed by atoms with Gasteiger partial charge in [-0.1, -0.05) is 15.9 Å². The Morgan fingerprint density at radius 2 is 2.06 bits per heavy atom. The lowest BCUT2D eigenvalue weighted by molar-refractivity contribution is 0.218. The van der Waals surface area contributed by atoms with Crippen LogP contribution in [0.4, 0.5) is 4.39 Å². The van der Waals surface area contributed by atoms with Crippen molar-refractivity contribution in [3.8, 4) is 0 Å². The van der Waals surface area contributed by atoms with E-state index in [9.17, 15) is 9.50 Å². The summed E-state index contributed by atoms with van der Waals surface area (Å²) >= 11 is 3.31. The molecule has 1 atom stereocenters. The number of benzene rings is 1. The molecule has 1 N–H and O–H groups in total. The minimum absolute atomic E-state index is 0.371. The van der Waals surface area contributed by atoms with E-state index < -0.39 is 6.10 Å². The van der Waals surface area contributed by atoms with Gasteiger partial charge < -0.3 is 5.11 Å². The number of nitrogens with zero attached hydrogens (tertiary/aromatic N) is 1. The van der Waals surface area contributed by atoms with Crippen LogP contribution in [-0.4, -0.2) is 10.1 Å². The highest BCUT2D eigenvalue weighted by Gasteiger charge is 2.16. The highest BCUT2D eigenvalue weighted by molar-refractivity contribution is 9.10. The number of pyridine rings is 1. The van der Waals surface area contributed by atoms with Gasteiger partial charge in [0.2, 0.25) is 0 Å². The van der Waals surface area contributed by atoms with E-state index in [0.717, 1.165) is 5.56 Å². The van der Waals surface area contributed by atoms with Crippen molar-refractivity contribution in [1.82, 2.24) is 4.98 Å². The molecule has 1 unspecified atom stereocenters. The first-order valence-electron chi connectivity index (χ1n) is 5.13. The molecule has 1 heterocycles. The molecule has 0 spiro atoms. The predicted molar refractivity (Wildman–Crippen MR) is 67.1 cm³/mol. The molecule has 88 valence electrons. The standard InChI is InChI=1S/C13H11BrFNO/c1-8-4-5-16-7-11(8)13(17)10-6-9(15)2-3-12(10)14/h2-7,13,17H,1H3. The molecular weight excluding hydrogens is 285 g/mol. The number of hydrogen-bond acceptors (Lipinski definition) is 2. The Balaban J connectivity index is 2.47. The van der Waals surface area contributed by atoms with Crippen molar-refractivity contribution >= 4 is 15.9 Å². The fourth-order valence-electron chi connectivity index (χ4n) is 1.65. The van der Waals surface area contributed by atoms with Crippen LogP contribution in [0.5, 0.6) is 0 Å². The third-order valence-corrected chi connectivity index (χ3v) is 3.35. The molecule has 4 heteroatoms. The molecule has 0 saturated heterocycles. The Bertz CT molecular complexity index is 545. The molecule has 0 bridgehead atoms. The lowest BCUT2D eigenvalue weighted by Gasteiger charge is -2.15. The van der Waals surface area contributed by atoms with E-state index in [-0.39, 0.29) is 5.82 Å². The van der Waals surface area contributed by atoms with E-state index in [4.69, 9.17) is 0 Å². The summed E-state index contributed by atoms with van der Waals surface area (Å²) in [6, 6.07) is 6.06. The van der Waals surface area contributed by atoms with Crippen LogP contribution in [0, 0.1) is 12.7 Å². The summed E-state index contributed by atoms with van der Waals surface area (Å²) in [7, 11) is 0. The van der Waals surface area contributed by atoms with E-state index in [1.165, 1.54) is 12.1 Å². The minimum atomic E-state index is -0.881. The molecule has 2 nitrogen and oxygen atoms in total. The van der Waals surface area contributed by atoms with E-state index in [0.29, 0.717) is 15.6 Å². The Labute approximate surface area is 107 Å². The number of halogens is 2. The van der Waals surface area contributed by atoms with Crippen LogP contribution >= 0.6 is 15.9 Å². The molecule has 0 aliphatic heterocycles. The van der Waals surface area contributed by atoms with Crippen LogP contribution in [0.15, 0.2) is 41.1 Å². The summed E-state index contributed by atoms with van der Waals surface area (Å²) in [5.74, 6) is -0.371. The first-order chi connectivity index (χ1) is 8.09. The van der Waals surface area contributed by atoms with Crippen molar-refractivity contribution < 1.29 is 9.50 Å². The molecule has 0 aliphatic rings. The van der Waals surface area contributed by atoms with Gasteiger partial charge in [0.05, 0.1) is 0 Å². The summed E-state index contributed by atoms with van der Waals surface area (Å²) < 4.78 is 13.9. The highest BCUT2D eigenvalue weighted by Crippen LogP contribution is 2.30. The van der Waals surface area contributed by atoms with Crippen molar-refractivity contribution in [3.05, 3.63) is 63.6 Å². The minimum Gasteiger partial charge on any atom is -0.384 e. The van der Waals surface area contributed by atoms with Gasteiger partial charge in [0.25, 0.3) is 0 Å². The second-order valence-corrected chi connectivity index (χ2v) is 4.65. The van der Waals surface area contributed by atoms with Gasteiger partial charge in [-0.05, 0) is 36.8 Å². The molecule has 0 radical (unpaired) electrons. The van der Waals surface area contributed by atoms with Crippen LogP contribution in [0.25, 0.3) is 0 Å². The molecule has 0 fully saturated rings. The second kappa shape index (κ2) is 4.94. The van der Waals surface area contributed by atoms with Gasteiger partial charge in [-0.25, -0.2) is 4.39 Å². The molecular formula is C13H11BrFNO. The van der Waals surface area contributed by atoms with Gasteiger partial charge in [-0.15, -0.1) is 0 Å². The molecule has 1 aromatic heterocycles. The molecule has 2 rings (SSSR count). The lowest BCUT2D eigenvalue weighted by atomic mass is 9.99. The van der Waals surface area contributed by atoms with E-state index in [1.807, 2.05) is 13.0 Å². The Morgan fingerprint density at radius 3 is 2.76 bits per heavy atom. The molecule has 17 heavy (non-hydrogen) atoms. The van der Waals surface area contributed by atoms with Gasteiger partial charge in [-0.3, -0.25) is 4.98 Å². The molecule has 0 saturated carbocycles. The quantitative estimate of drug-likeness (QED) is 0.921. The van der Waals surface area contributed by atoms with E-state index in [1.54, 1.807) is 18.5 Å². The first kappa shape index (κ1) is 12.2. The van der Waals surface area contributed by atoms with Gasteiger partial charge in [0.1, 0.15) is 11.9 Å². The maximum Gasteiger partial charge on any atom is 0.123 e. The first-order valence-corrected chi connectivity index (χ1v) is 5.92. The van der Waals surface area contributed by atoms with Crippen LogP contribution < -0.4 is 0 Å². The van der Waals surface area contributed by atoms with Crippen molar-refractivity contribution in [2.75, 3.05) is 0 Å². The third-order valence-electron chi connectivity index (χ3n) is 2.63. The van der Waals surface area contributed by atoms with Crippen LogP contribution in [0.3, 0.4) is 0 Å². The average Bonchev–Trinajstić information content (AvgIpc) is 2.32. The molecule has 2 aromatic rings. The molecule has 0 aliphatic carbocycles. The van der Waals surface area contributed by atoms with Crippen LogP contribution in [0.2, 0.25) is 0 Å². The smallest absolute Gasteiger partial charge is 0.123 e. The number of rotatable bonds is 2. The fourth-order valence-corrected chi connectivity index (χ4v) is 2.12. The second-order valence-electron chi connectivity index (χ2n) is 3.80. The number of aryl methyl sites for hydroxylation is 1. The normalized spacial score (nSPS) is 12.5. The predicted octanol–water partition coefficient (Wildman–Crippen LogP) is 3.37. The summed E-state index contributed by atoms with van der Waals surface area (Å²) in [6.45, 7) is 1.88. The molecule has 1 aromatic carbocycles. The van der Waals surface area contributed by atoms with Crippen LogP contribution in [0.1, 0.15) is 22.8 Å². The van der Waals surface area contributed by atoms with Crippen LogP contribution in [-0.2, 0) is 0 Å². The van der Waals surface area contributed by atoms with E-state index >= 15 is 0 Å². The van der Waals surface area contributed by atoms with Crippen molar-refractivity contribution in [2.24, 2.45) is 0 Å². The van der Waals surface area contributed by atoms with Gasteiger partial charge in [-0.2, -0.15) is 0 Å². The molecule has 0 amide bonds. The average molecular weight is 296 g/mol. The van der Waals surface area contributed by atoms with Gasteiger partial charge in [0, 0.05) is 28.0 Å². The number of aromatic nitrogens is 1. The highest BCUT2D eigenvalue weighted by atomic mass is 79.9. The SMILES string of the molecule is Cc1ccncc1C(O)c1cc(F)ccc1Br. The number of hydrogen-bond donors (Lipinski definition) is 1. The zero-order chi connectivity index (χ0) is 12.4. The summed E-state index contributed by atoms with van der Waals surface area (Å²) in [4.78, 5) is 3.98. The van der Waals surface area contributed by atoms with Crippen molar-refractivity contribution in [1.29, 1.82) is 0 Å². The van der Waals surface area contributed by atoms with Gasteiger partial charge >= 0.3 is 0 Å². The summed E-state index contributed by atoms with van der Waals surface area (Å²) in [5, 5.41) is 10.2. The number of aliphatic hydroxyl groups is 1. The van der Waals surface area contributed by atoms with Crippen molar-refractivity contribution in [2.45, 2.75) is 13.0 Å². The summed E-state index contributed by atoms with van der Waals surface area (Å²) in [6.07, 6.45) is 2.37. The third kappa shape index (κ3) is 2.53. The Kier molecular flexibility index (Phi) is 3.54. The Hall–Kier alpha value is -1.26. The zero-order valence-corrected chi connectivity index (χ0v) is 10.8. The maximum absolute atomic E-state index is 13.2. The van der Waals surface area contributed by atoms with Crippen molar-refractivity contribution in [3.63, 3.8) is 0 Å². The largest absolute Gasteiger partial charge is 0.384 e. The summed E-state index contributed by atoms with van der Waals surface area (Å²) in [5.41, 5.74) is 2.10. The monoisotopic (exact) mass is 295 g/mol. The Morgan fingerprint density at radius 1 is 1.29 bits per heavy atom.